The maximum Gasteiger partial charge on any atom is 0.330 e. The van der Waals surface area contributed by atoms with Gasteiger partial charge in [0.05, 0.1) is 6.61 Å². The molecule has 4 nitrogen and oxygen atoms in total. The Morgan fingerprint density at radius 1 is 1.53 bits per heavy atom. The number of rotatable bonds is 4. The van der Waals surface area contributed by atoms with Crippen LogP contribution in [0, 0.1) is 0 Å². The van der Waals surface area contributed by atoms with E-state index in [1.54, 1.807) is 6.92 Å². The van der Waals surface area contributed by atoms with Gasteiger partial charge in [0, 0.05) is 31.4 Å². The van der Waals surface area contributed by atoms with Crippen molar-refractivity contribution in [1.29, 1.82) is 0 Å². The molecule has 2 N–H and O–H groups in total. The average molecular weight is 260 g/mol. The van der Waals surface area contributed by atoms with E-state index in [4.69, 9.17) is 10.5 Å². The molecule has 0 bridgehead atoms. The summed E-state index contributed by atoms with van der Waals surface area (Å²) >= 11 is 0. The van der Waals surface area contributed by atoms with Crippen LogP contribution in [0.4, 0.5) is 5.69 Å². The molecule has 1 aromatic carbocycles. The highest BCUT2D eigenvalue weighted by Crippen LogP contribution is 2.23. The quantitative estimate of drug-likeness (QED) is 0.509. The van der Waals surface area contributed by atoms with Gasteiger partial charge in [0.1, 0.15) is 0 Å². The summed E-state index contributed by atoms with van der Waals surface area (Å²) in [5, 5.41) is 0. The first-order valence-corrected chi connectivity index (χ1v) is 6.62. The Balaban J connectivity index is 1.90. The van der Waals surface area contributed by atoms with Crippen LogP contribution in [0.1, 0.15) is 18.1 Å². The molecule has 19 heavy (non-hydrogen) atoms. The van der Waals surface area contributed by atoms with E-state index in [1.807, 2.05) is 18.2 Å². The fraction of sp³-hybridized carbons (Fsp3) is 0.400. The van der Waals surface area contributed by atoms with Crippen LogP contribution < -0.4 is 5.73 Å². The Hall–Kier alpha value is -1.81. The molecule has 0 fully saturated rings. The number of hydrogen-bond acceptors (Lipinski definition) is 4. The van der Waals surface area contributed by atoms with Crippen molar-refractivity contribution in [3.63, 3.8) is 0 Å². The first kappa shape index (κ1) is 13.6. The number of nitrogens with zero attached hydrogens (tertiary/aromatic N) is 1. The second-order valence-corrected chi connectivity index (χ2v) is 4.62. The third-order valence-electron chi connectivity index (χ3n) is 3.29. The molecule has 1 aliphatic rings. The topological polar surface area (TPSA) is 55.6 Å². The van der Waals surface area contributed by atoms with E-state index in [9.17, 15) is 4.79 Å². The van der Waals surface area contributed by atoms with Crippen LogP contribution in [-0.4, -0.2) is 30.6 Å². The van der Waals surface area contributed by atoms with Crippen molar-refractivity contribution in [2.24, 2.45) is 0 Å². The number of nitrogen functional groups attached to an aromatic ring is 1. The Kier molecular flexibility index (Phi) is 4.58. The van der Waals surface area contributed by atoms with Crippen molar-refractivity contribution in [2.45, 2.75) is 19.9 Å². The van der Waals surface area contributed by atoms with Crippen molar-refractivity contribution in [2.75, 3.05) is 25.4 Å². The zero-order chi connectivity index (χ0) is 13.7. The van der Waals surface area contributed by atoms with E-state index in [1.165, 1.54) is 17.2 Å². The van der Waals surface area contributed by atoms with Crippen LogP contribution in [0.5, 0.6) is 0 Å². The van der Waals surface area contributed by atoms with E-state index >= 15 is 0 Å². The van der Waals surface area contributed by atoms with Crippen molar-refractivity contribution < 1.29 is 9.53 Å². The smallest absolute Gasteiger partial charge is 0.330 e. The van der Waals surface area contributed by atoms with Gasteiger partial charge < -0.3 is 10.5 Å². The zero-order valence-corrected chi connectivity index (χ0v) is 11.3. The molecule has 1 heterocycles. The number of nitrogens with two attached hydrogens (primary N) is 1. The molecule has 0 aliphatic carbocycles. The summed E-state index contributed by atoms with van der Waals surface area (Å²) in [6, 6.07) is 6.06. The number of hydrogen-bond donors (Lipinski definition) is 1. The third-order valence-corrected chi connectivity index (χ3v) is 3.29. The monoisotopic (exact) mass is 260 g/mol. The van der Waals surface area contributed by atoms with Gasteiger partial charge in [0.15, 0.2) is 0 Å². The van der Waals surface area contributed by atoms with Gasteiger partial charge in [-0.2, -0.15) is 0 Å². The van der Waals surface area contributed by atoms with Gasteiger partial charge in [0.2, 0.25) is 0 Å². The fourth-order valence-electron chi connectivity index (χ4n) is 2.34. The molecule has 0 unspecified atom stereocenters. The molecule has 2 rings (SSSR count). The second kappa shape index (κ2) is 6.38. The summed E-state index contributed by atoms with van der Waals surface area (Å²) < 4.78 is 4.84. The summed E-state index contributed by atoms with van der Waals surface area (Å²) in [4.78, 5) is 13.5. The molecular weight excluding hydrogens is 240 g/mol. The maximum atomic E-state index is 11.2. The highest BCUT2D eigenvalue weighted by atomic mass is 16.5. The van der Waals surface area contributed by atoms with E-state index in [-0.39, 0.29) is 5.97 Å². The molecule has 1 aromatic rings. The minimum absolute atomic E-state index is 0.274. The van der Waals surface area contributed by atoms with E-state index < -0.39 is 0 Å². The van der Waals surface area contributed by atoms with Gasteiger partial charge in [-0.3, -0.25) is 4.90 Å². The van der Waals surface area contributed by atoms with Gasteiger partial charge in [-0.1, -0.05) is 18.2 Å². The SMILES string of the molecule is CCOC(=O)/C=C/CN1CCc2c(N)cccc2C1. The van der Waals surface area contributed by atoms with E-state index in [0.29, 0.717) is 6.61 Å². The minimum atomic E-state index is -0.274. The lowest BCUT2D eigenvalue weighted by atomic mass is 9.98. The van der Waals surface area contributed by atoms with Gasteiger partial charge in [-0.05, 0) is 30.5 Å². The van der Waals surface area contributed by atoms with Crippen molar-refractivity contribution in [1.82, 2.24) is 4.90 Å². The summed E-state index contributed by atoms with van der Waals surface area (Å²) in [6.07, 6.45) is 4.32. The van der Waals surface area contributed by atoms with Gasteiger partial charge in [-0.25, -0.2) is 4.79 Å². The molecule has 0 saturated heterocycles. The predicted molar refractivity (Wildman–Crippen MR) is 75.6 cm³/mol. The largest absolute Gasteiger partial charge is 0.463 e. The Bertz CT molecular complexity index is 483. The fourth-order valence-corrected chi connectivity index (χ4v) is 2.34. The molecule has 0 saturated carbocycles. The number of carbonyl (C=O) groups is 1. The lowest BCUT2D eigenvalue weighted by Crippen LogP contribution is -2.31. The highest BCUT2D eigenvalue weighted by molar-refractivity contribution is 5.81. The summed E-state index contributed by atoms with van der Waals surface area (Å²) in [5.74, 6) is -0.274. The van der Waals surface area contributed by atoms with Crippen LogP contribution in [0.25, 0.3) is 0 Å². The van der Waals surface area contributed by atoms with Gasteiger partial charge >= 0.3 is 5.97 Å². The average Bonchev–Trinajstić information content (AvgIpc) is 2.39. The van der Waals surface area contributed by atoms with Crippen LogP contribution in [0.3, 0.4) is 0 Å². The van der Waals surface area contributed by atoms with Crippen LogP contribution in [-0.2, 0) is 22.5 Å². The first-order chi connectivity index (χ1) is 9.20. The normalized spacial score (nSPS) is 15.4. The molecule has 0 amide bonds. The lowest BCUT2D eigenvalue weighted by Gasteiger charge is -2.28. The summed E-state index contributed by atoms with van der Waals surface area (Å²) in [7, 11) is 0. The molecular formula is C15H20N2O2. The van der Waals surface area contributed by atoms with E-state index in [2.05, 4.69) is 11.0 Å². The maximum absolute atomic E-state index is 11.2. The second-order valence-electron chi connectivity index (χ2n) is 4.62. The predicted octanol–water partition coefficient (Wildman–Crippen LogP) is 1.75. The Morgan fingerprint density at radius 2 is 2.37 bits per heavy atom. The molecule has 102 valence electrons. The number of anilines is 1. The molecule has 0 spiro atoms. The van der Waals surface area contributed by atoms with Crippen molar-refractivity contribution >= 4 is 11.7 Å². The van der Waals surface area contributed by atoms with Crippen molar-refractivity contribution in [3.8, 4) is 0 Å². The number of carbonyl (C=O) groups excluding carboxylic acids is 1. The standard InChI is InChI=1S/C15H20N2O2/c1-2-19-15(18)7-4-9-17-10-8-13-12(11-17)5-3-6-14(13)16/h3-7H,2,8-11,16H2,1H3/b7-4+. The first-order valence-electron chi connectivity index (χ1n) is 6.62. The Labute approximate surface area is 113 Å². The molecule has 1 aliphatic heterocycles. The van der Waals surface area contributed by atoms with Gasteiger partial charge in [-0.15, -0.1) is 0 Å². The van der Waals surface area contributed by atoms with Crippen LogP contribution in [0.2, 0.25) is 0 Å². The number of benzene rings is 1. The molecule has 0 radical (unpaired) electrons. The van der Waals surface area contributed by atoms with Crippen LogP contribution in [0.15, 0.2) is 30.4 Å². The molecule has 4 heteroatoms. The number of fused-ring (bicyclic) bond motifs is 1. The molecule has 0 aromatic heterocycles. The molecule has 0 atom stereocenters. The zero-order valence-electron chi connectivity index (χ0n) is 11.3. The summed E-state index contributed by atoms with van der Waals surface area (Å²) in [6.45, 7) is 4.83. The minimum Gasteiger partial charge on any atom is -0.463 e. The van der Waals surface area contributed by atoms with Crippen LogP contribution >= 0.6 is 0 Å². The number of ether oxygens (including phenoxy) is 1. The van der Waals surface area contributed by atoms with Gasteiger partial charge in [0.25, 0.3) is 0 Å². The van der Waals surface area contributed by atoms with Crippen molar-refractivity contribution in [3.05, 3.63) is 41.5 Å². The lowest BCUT2D eigenvalue weighted by molar-refractivity contribution is -0.137. The third kappa shape index (κ3) is 3.58. The highest BCUT2D eigenvalue weighted by Gasteiger charge is 2.16. The summed E-state index contributed by atoms with van der Waals surface area (Å²) in [5.41, 5.74) is 9.41. The van der Waals surface area contributed by atoms with E-state index in [0.717, 1.165) is 31.7 Å². The Morgan fingerprint density at radius 3 is 3.16 bits per heavy atom. The number of esters is 1.